The molecule has 0 saturated heterocycles. The van der Waals surface area contributed by atoms with Crippen LogP contribution in [-0.4, -0.2) is 18.5 Å². The molecular weight excluding hydrogens is 98.1 g/mol. The molecule has 0 aromatic heterocycles. The fourth-order valence-electron chi connectivity index (χ4n) is 0.313. The largest absolute Gasteiger partial charge is 0.381 e. The third kappa shape index (κ3) is 3.47. The quantitative estimate of drug-likeness (QED) is 0.500. The molecule has 0 spiro atoms. The first-order valence-electron chi connectivity index (χ1n) is 2.80. The molecule has 0 aromatic carbocycles. The summed E-state index contributed by atoms with van der Waals surface area (Å²) in [7, 11) is 2.03. The minimum atomic E-state index is 1.05. The van der Waals surface area contributed by atoms with Gasteiger partial charge in [0.05, 0.1) is 0 Å². The van der Waals surface area contributed by atoms with Crippen LogP contribution >= 0.6 is 0 Å². The van der Waals surface area contributed by atoms with Crippen molar-refractivity contribution in [1.82, 2.24) is 4.90 Å². The van der Waals surface area contributed by atoms with Gasteiger partial charge in [0, 0.05) is 13.6 Å². The Balaban J connectivity index is 3.35. The molecule has 0 N–H and O–H groups in total. The van der Waals surface area contributed by atoms with E-state index in [1.165, 1.54) is 0 Å². The van der Waals surface area contributed by atoms with E-state index in [-0.39, 0.29) is 0 Å². The van der Waals surface area contributed by atoms with Crippen LogP contribution < -0.4 is 0 Å². The van der Waals surface area contributed by atoms with Crippen LogP contribution in [0.2, 0.25) is 0 Å². The van der Waals surface area contributed by atoms with Crippen molar-refractivity contribution >= 4 is 0 Å². The molecule has 0 fully saturated rings. The van der Waals surface area contributed by atoms with E-state index in [1.807, 2.05) is 19.3 Å². The Morgan fingerprint density at radius 3 is 2.62 bits per heavy atom. The first-order valence-corrected chi connectivity index (χ1v) is 2.80. The average molecular weight is 111 g/mol. The Bertz CT molecular complexity index is 84.4. The molecule has 1 nitrogen and oxygen atoms in total. The summed E-state index contributed by atoms with van der Waals surface area (Å²) in [5, 5.41) is 0. The highest BCUT2D eigenvalue weighted by molar-refractivity contribution is 4.95. The summed E-state index contributed by atoms with van der Waals surface area (Å²) >= 11 is 0. The first-order chi connectivity index (χ1) is 3.81. The van der Waals surface area contributed by atoms with E-state index < -0.39 is 0 Å². The summed E-state index contributed by atoms with van der Waals surface area (Å²) in [6.07, 6.45) is 5.68. The Labute approximate surface area is 51.3 Å². The van der Waals surface area contributed by atoms with E-state index in [1.54, 1.807) is 6.08 Å². The van der Waals surface area contributed by atoms with Crippen LogP contribution in [0.15, 0.2) is 24.9 Å². The molecule has 1 heteroatoms. The lowest BCUT2D eigenvalue weighted by atomic mass is 10.5. The maximum Gasteiger partial charge on any atom is 0.0140 e. The van der Waals surface area contributed by atoms with Crippen molar-refractivity contribution in [3.05, 3.63) is 24.9 Å². The van der Waals surface area contributed by atoms with Crippen molar-refractivity contribution in [1.29, 1.82) is 0 Å². The highest BCUT2D eigenvalue weighted by Gasteiger charge is 1.77. The molecule has 0 aliphatic carbocycles. The molecule has 0 bridgehead atoms. The van der Waals surface area contributed by atoms with Crippen LogP contribution in [0, 0.1) is 0 Å². The monoisotopic (exact) mass is 111 g/mol. The number of rotatable bonds is 3. The van der Waals surface area contributed by atoms with Gasteiger partial charge in [-0.25, -0.2) is 0 Å². The average Bonchev–Trinajstić information content (AvgIpc) is 1.83. The molecule has 0 aromatic rings. The van der Waals surface area contributed by atoms with Crippen molar-refractivity contribution < 1.29 is 0 Å². The van der Waals surface area contributed by atoms with Gasteiger partial charge < -0.3 is 4.90 Å². The van der Waals surface area contributed by atoms with Crippen LogP contribution in [0.25, 0.3) is 0 Å². The molecular formula is C7H13N. The predicted molar refractivity (Wildman–Crippen MR) is 37.6 cm³/mol. The molecule has 0 heterocycles. The lowest BCUT2D eigenvalue weighted by Gasteiger charge is -2.07. The summed E-state index contributed by atoms with van der Waals surface area (Å²) in [6, 6.07) is 0. The van der Waals surface area contributed by atoms with E-state index in [0.717, 1.165) is 6.54 Å². The maximum absolute atomic E-state index is 3.55. The normalized spacial score (nSPS) is 9.75. The molecule has 0 saturated carbocycles. The first kappa shape index (κ1) is 7.28. The lowest BCUT2D eigenvalue weighted by Crippen LogP contribution is -2.07. The maximum atomic E-state index is 3.55. The van der Waals surface area contributed by atoms with E-state index in [4.69, 9.17) is 0 Å². The highest BCUT2D eigenvalue weighted by atomic mass is 15.1. The highest BCUT2D eigenvalue weighted by Crippen LogP contribution is 1.81. The summed E-state index contributed by atoms with van der Waals surface area (Å²) in [5.74, 6) is 0. The molecule has 0 amide bonds. The molecule has 0 rings (SSSR count). The van der Waals surface area contributed by atoms with Crippen LogP contribution in [0.5, 0.6) is 0 Å². The number of nitrogens with zero attached hydrogens (tertiary/aromatic N) is 1. The molecule has 0 unspecified atom stereocenters. The van der Waals surface area contributed by atoms with Gasteiger partial charge >= 0.3 is 0 Å². The van der Waals surface area contributed by atoms with Crippen LogP contribution in [0.3, 0.4) is 0 Å². The Hall–Kier alpha value is -0.720. The predicted octanol–water partition coefficient (Wildman–Crippen LogP) is 1.64. The summed E-state index contributed by atoms with van der Waals surface area (Å²) < 4.78 is 0. The second-order valence-corrected chi connectivity index (χ2v) is 1.65. The summed E-state index contributed by atoms with van der Waals surface area (Å²) in [5.41, 5.74) is 0. The van der Waals surface area contributed by atoms with E-state index >= 15 is 0 Å². The minimum absolute atomic E-state index is 1.05. The van der Waals surface area contributed by atoms with Gasteiger partial charge in [-0.1, -0.05) is 12.7 Å². The Morgan fingerprint density at radius 1 is 1.62 bits per heavy atom. The van der Waals surface area contributed by atoms with Crippen molar-refractivity contribution in [2.75, 3.05) is 13.6 Å². The molecule has 8 heavy (non-hydrogen) atoms. The smallest absolute Gasteiger partial charge is 0.0140 e. The van der Waals surface area contributed by atoms with Crippen LogP contribution in [0.4, 0.5) is 0 Å². The molecule has 0 atom stereocenters. The second kappa shape index (κ2) is 4.44. The number of hydrogen-bond donors (Lipinski definition) is 0. The standard InChI is InChI=1S/C7H13N/c1-4-6-7-8(3)5-2/h4,6-7H,1,5H2,2-3H3. The van der Waals surface area contributed by atoms with Gasteiger partial charge in [-0.05, 0) is 19.2 Å². The molecule has 0 aliphatic rings. The third-order valence-corrected chi connectivity index (χ3v) is 0.975. The fraction of sp³-hybridized carbons (Fsp3) is 0.429. The lowest BCUT2D eigenvalue weighted by molar-refractivity contribution is 0.484. The molecule has 0 aliphatic heterocycles. The van der Waals surface area contributed by atoms with E-state index in [9.17, 15) is 0 Å². The zero-order valence-corrected chi connectivity index (χ0v) is 5.59. The molecule has 46 valence electrons. The summed E-state index contributed by atoms with van der Waals surface area (Å²) in [6.45, 7) is 6.70. The van der Waals surface area contributed by atoms with Crippen molar-refractivity contribution in [3.63, 3.8) is 0 Å². The summed E-state index contributed by atoms with van der Waals surface area (Å²) in [4.78, 5) is 2.08. The Kier molecular flexibility index (Phi) is 4.04. The molecule has 0 radical (unpaired) electrons. The Morgan fingerprint density at radius 2 is 2.25 bits per heavy atom. The van der Waals surface area contributed by atoms with Crippen molar-refractivity contribution in [2.45, 2.75) is 6.92 Å². The van der Waals surface area contributed by atoms with Crippen molar-refractivity contribution in [3.8, 4) is 0 Å². The van der Waals surface area contributed by atoms with Crippen LogP contribution in [-0.2, 0) is 0 Å². The van der Waals surface area contributed by atoms with Gasteiger partial charge in [0.1, 0.15) is 0 Å². The third-order valence-electron chi connectivity index (χ3n) is 0.975. The van der Waals surface area contributed by atoms with Gasteiger partial charge in [-0.2, -0.15) is 0 Å². The van der Waals surface area contributed by atoms with Gasteiger partial charge in [-0.3, -0.25) is 0 Å². The van der Waals surface area contributed by atoms with E-state index in [0.29, 0.717) is 0 Å². The SMILES string of the molecule is C=CC=CN(C)CC. The zero-order chi connectivity index (χ0) is 6.41. The van der Waals surface area contributed by atoms with Gasteiger partial charge in [-0.15, -0.1) is 0 Å². The number of hydrogen-bond acceptors (Lipinski definition) is 1. The van der Waals surface area contributed by atoms with Gasteiger partial charge in [0.2, 0.25) is 0 Å². The van der Waals surface area contributed by atoms with Crippen molar-refractivity contribution in [2.24, 2.45) is 0 Å². The second-order valence-electron chi connectivity index (χ2n) is 1.65. The minimum Gasteiger partial charge on any atom is -0.381 e. The zero-order valence-electron chi connectivity index (χ0n) is 5.59. The van der Waals surface area contributed by atoms with Gasteiger partial charge in [0.25, 0.3) is 0 Å². The van der Waals surface area contributed by atoms with Gasteiger partial charge in [0.15, 0.2) is 0 Å². The fourth-order valence-corrected chi connectivity index (χ4v) is 0.313. The topological polar surface area (TPSA) is 3.24 Å². The number of allylic oxidation sites excluding steroid dienone is 2. The van der Waals surface area contributed by atoms with E-state index in [2.05, 4.69) is 18.4 Å². The van der Waals surface area contributed by atoms with Crippen LogP contribution in [0.1, 0.15) is 6.92 Å².